The van der Waals surface area contributed by atoms with E-state index in [1.807, 2.05) is 0 Å². The zero-order valence-corrected chi connectivity index (χ0v) is 8.83. The molecule has 3 nitrogen and oxygen atoms in total. The van der Waals surface area contributed by atoms with Gasteiger partial charge in [-0.3, -0.25) is 0 Å². The standard InChI is InChI=1S/C11H16FNO2/c1-14-4-5-15-8-10-6-9(7-13)2-3-11(10)12/h2-3,6H,4-5,7-8,13H2,1H3. The summed E-state index contributed by atoms with van der Waals surface area (Å²) in [4.78, 5) is 0. The Labute approximate surface area is 89.0 Å². The topological polar surface area (TPSA) is 44.5 Å². The van der Waals surface area contributed by atoms with Gasteiger partial charge in [0.1, 0.15) is 5.82 Å². The fourth-order valence-corrected chi connectivity index (χ4v) is 1.19. The number of rotatable bonds is 6. The highest BCUT2D eigenvalue weighted by molar-refractivity contribution is 5.24. The molecule has 0 saturated heterocycles. The van der Waals surface area contributed by atoms with Crippen LogP contribution in [0.4, 0.5) is 4.39 Å². The summed E-state index contributed by atoms with van der Waals surface area (Å²) in [6.07, 6.45) is 0. The number of nitrogens with two attached hydrogens (primary N) is 1. The molecule has 0 saturated carbocycles. The van der Waals surface area contributed by atoms with E-state index in [2.05, 4.69) is 0 Å². The zero-order chi connectivity index (χ0) is 11.1. The number of hydrogen-bond donors (Lipinski definition) is 1. The van der Waals surface area contributed by atoms with Gasteiger partial charge in [-0.25, -0.2) is 4.39 Å². The fourth-order valence-electron chi connectivity index (χ4n) is 1.19. The van der Waals surface area contributed by atoms with Gasteiger partial charge in [0.25, 0.3) is 0 Å². The number of methoxy groups -OCH3 is 1. The van der Waals surface area contributed by atoms with Crippen LogP contribution in [0.25, 0.3) is 0 Å². The third-order valence-electron chi connectivity index (χ3n) is 2.04. The molecule has 1 aromatic rings. The molecule has 4 heteroatoms. The van der Waals surface area contributed by atoms with Crippen molar-refractivity contribution in [3.05, 3.63) is 35.1 Å². The van der Waals surface area contributed by atoms with Crippen molar-refractivity contribution >= 4 is 0 Å². The van der Waals surface area contributed by atoms with Gasteiger partial charge in [0.05, 0.1) is 19.8 Å². The quantitative estimate of drug-likeness (QED) is 0.727. The predicted molar refractivity (Wildman–Crippen MR) is 55.8 cm³/mol. The van der Waals surface area contributed by atoms with E-state index in [9.17, 15) is 4.39 Å². The smallest absolute Gasteiger partial charge is 0.128 e. The first-order chi connectivity index (χ1) is 7.27. The van der Waals surface area contributed by atoms with Gasteiger partial charge in [0, 0.05) is 19.2 Å². The van der Waals surface area contributed by atoms with E-state index in [1.54, 1.807) is 19.2 Å². The maximum atomic E-state index is 13.3. The predicted octanol–water partition coefficient (Wildman–Crippen LogP) is 1.45. The lowest BCUT2D eigenvalue weighted by Crippen LogP contribution is -2.04. The molecule has 84 valence electrons. The first-order valence-electron chi connectivity index (χ1n) is 4.82. The van der Waals surface area contributed by atoms with Crippen molar-refractivity contribution in [2.45, 2.75) is 13.2 Å². The summed E-state index contributed by atoms with van der Waals surface area (Å²) in [7, 11) is 1.60. The third-order valence-corrected chi connectivity index (χ3v) is 2.04. The Bertz CT molecular complexity index is 305. The van der Waals surface area contributed by atoms with E-state index in [-0.39, 0.29) is 12.4 Å². The Hall–Kier alpha value is -0.970. The van der Waals surface area contributed by atoms with Crippen LogP contribution in [0.5, 0.6) is 0 Å². The van der Waals surface area contributed by atoms with Crippen LogP contribution in [0, 0.1) is 5.82 Å². The third kappa shape index (κ3) is 3.95. The average molecular weight is 213 g/mol. The Kier molecular flexibility index (Phi) is 5.25. The van der Waals surface area contributed by atoms with Crippen LogP contribution < -0.4 is 5.73 Å². The van der Waals surface area contributed by atoms with Gasteiger partial charge in [0.2, 0.25) is 0 Å². The van der Waals surface area contributed by atoms with Gasteiger partial charge in [-0.15, -0.1) is 0 Å². The van der Waals surface area contributed by atoms with Gasteiger partial charge >= 0.3 is 0 Å². The molecule has 0 bridgehead atoms. The molecule has 0 atom stereocenters. The second-order valence-electron chi connectivity index (χ2n) is 3.18. The number of benzene rings is 1. The largest absolute Gasteiger partial charge is 0.382 e. The molecule has 15 heavy (non-hydrogen) atoms. The molecule has 0 amide bonds. The lowest BCUT2D eigenvalue weighted by atomic mass is 10.1. The minimum Gasteiger partial charge on any atom is -0.382 e. The summed E-state index contributed by atoms with van der Waals surface area (Å²) >= 11 is 0. The molecule has 1 rings (SSSR count). The summed E-state index contributed by atoms with van der Waals surface area (Å²) in [6, 6.07) is 4.81. The summed E-state index contributed by atoms with van der Waals surface area (Å²) in [6.45, 7) is 1.63. The molecular weight excluding hydrogens is 197 g/mol. The highest BCUT2D eigenvalue weighted by Crippen LogP contribution is 2.11. The molecule has 0 aliphatic carbocycles. The van der Waals surface area contributed by atoms with Gasteiger partial charge < -0.3 is 15.2 Å². The van der Waals surface area contributed by atoms with Gasteiger partial charge in [-0.2, -0.15) is 0 Å². The first-order valence-corrected chi connectivity index (χ1v) is 4.82. The van der Waals surface area contributed by atoms with E-state index in [0.29, 0.717) is 25.3 Å². The lowest BCUT2D eigenvalue weighted by molar-refractivity contribution is 0.0604. The molecule has 0 unspecified atom stereocenters. The van der Waals surface area contributed by atoms with Crippen molar-refractivity contribution in [3.63, 3.8) is 0 Å². The molecule has 0 aliphatic heterocycles. The molecule has 0 spiro atoms. The maximum absolute atomic E-state index is 13.3. The van der Waals surface area contributed by atoms with Crippen molar-refractivity contribution in [3.8, 4) is 0 Å². The highest BCUT2D eigenvalue weighted by Gasteiger charge is 2.03. The number of ether oxygens (including phenoxy) is 2. The summed E-state index contributed by atoms with van der Waals surface area (Å²) in [5.41, 5.74) is 6.90. The van der Waals surface area contributed by atoms with E-state index >= 15 is 0 Å². The Morgan fingerprint density at radius 2 is 2.13 bits per heavy atom. The van der Waals surface area contributed by atoms with Crippen LogP contribution in [0.15, 0.2) is 18.2 Å². The highest BCUT2D eigenvalue weighted by atomic mass is 19.1. The van der Waals surface area contributed by atoms with E-state index in [0.717, 1.165) is 5.56 Å². The van der Waals surface area contributed by atoms with Crippen molar-refractivity contribution < 1.29 is 13.9 Å². The lowest BCUT2D eigenvalue weighted by Gasteiger charge is -2.06. The molecule has 0 fully saturated rings. The average Bonchev–Trinajstić information content (AvgIpc) is 2.26. The van der Waals surface area contributed by atoms with E-state index in [4.69, 9.17) is 15.2 Å². The Balaban J connectivity index is 2.51. The molecule has 0 aromatic heterocycles. The molecule has 0 aliphatic rings. The van der Waals surface area contributed by atoms with E-state index < -0.39 is 0 Å². The van der Waals surface area contributed by atoms with Crippen LogP contribution in [0.1, 0.15) is 11.1 Å². The molecule has 0 heterocycles. The number of halogens is 1. The van der Waals surface area contributed by atoms with Crippen LogP contribution in [-0.4, -0.2) is 20.3 Å². The van der Waals surface area contributed by atoms with Crippen molar-refractivity contribution in [2.24, 2.45) is 5.73 Å². The Morgan fingerprint density at radius 3 is 2.80 bits per heavy atom. The zero-order valence-electron chi connectivity index (χ0n) is 8.83. The second-order valence-corrected chi connectivity index (χ2v) is 3.18. The van der Waals surface area contributed by atoms with Crippen molar-refractivity contribution in [1.82, 2.24) is 0 Å². The first kappa shape index (κ1) is 12.1. The molecule has 1 aromatic carbocycles. The summed E-state index contributed by atoms with van der Waals surface area (Å²) in [5.74, 6) is -0.260. The Morgan fingerprint density at radius 1 is 1.33 bits per heavy atom. The fraction of sp³-hybridized carbons (Fsp3) is 0.455. The summed E-state index contributed by atoms with van der Waals surface area (Å²) in [5, 5.41) is 0. The van der Waals surface area contributed by atoms with Crippen LogP contribution in [0.2, 0.25) is 0 Å². The van der Waals surface area contributed by atoms with Crippen LogP contribution in [-0.2, 0) is 22.6 Å². The monoisotopic (exact) mass is 213 g/mol. The van der Waals surface area contributed by atoms with E-state index in [1.165, 1.54) is 6.07 Å². The van der Waals surface area contributed by atoms with Crippen LogP contribution in [0.3, 0.4) is 0 Å². The maximum Gasteiger partial charge on any atom is 0.128 e. The van der Waals surface area contributed by atoms with Crippen molar-refractivity contribution in [1.29, 1.82) is 0 Å². The number of hydrogen-bond acceptors (Lipinski definition) is 3. The van der Waals surface area contributed by atoms with Crippen LogP contribution >= 0.6 is 0 Å². The summed E-state index contributed by atoms with van der Waals surface area (Å²) < 4.78 is 23.3. The van der Waals surface area contributed by atoms with Crippen molar-refractivity contribution in [2.75, 3.05) is 20.3 Å². The molecule has 0 radical (unpaired) electrons. The minimum atomic E-state index is -0.260. The SMILES string of the molecule is COCCOCc1cc(CN)ccc1F. The normalized spacial score (nSPS) is 10.6. The minimum absolute atomic E-state index is 0.253. The van der Waals surface area contributed by atoms with Gasteiger partial charge in [-0.05, 0) is 17.7 Å². The molecule has 2 N–H and O–H groups in total. The second kappa shape index (κ2) is 6.50. The van der Waals surface area contributed by atoms with Gasteiger partial charge in [0.15, 0.2) is 0 Å². The molecular formula is C11H16FNO2. The van der Waals surface area contributed by atoms with Gasteiger partial charge in [-0.1, -0.05) is 6.07 Å².